The van der Waals surface area contributed by atoms with E-state index in [2.05, 4.69) is 33.9 Å². The van der Waals surface area contributed by atoms with E-state index in [1.54, 1.807) is 7.05 Å². The highest BCUT2D eigenvalue weighted by atomic mass is 127. The molecule has 1 aromatic rings. The molecule has 0 heterocycles. The molecule has 1 amide bonds. The molecule has 6 heteroatoms. The topological polar surface area (TPSA) is 65.5 Å². The van der Waals surface area contributed by atoms with Crippen LogP contribution in [-0.2, 0) is 11.3 Å². The SMILES string of the molecule is CCCCCNC(=NC)NCc1cccc(NC(=O)C2CCCC2)c1.I. The number of nitrogens with one attached hydrogen (secondary N) is 3. The highest BCUT2D eigenvalue weighted by Crippen LogP contribution is 2.26. The van der Waals surface area contributed by atoms with Gasteiger partial charge < -0.3 is 16.0 Å². The Labute approximate surface area is 174 Å². The van der Waals surface area contributed by atoms with Crippen LogP contribution < -0.4 is 16.0 Å². The maximum atomic E-state index is 12.3. The fraction of sp³-hybridized carbons (Fsp3) is 0.600. The van der Waals surface area contributed by atoms with E-state index >= 15 is 0 Å². The highest BCUT2D eigenvalue weighted by Gasteiger charge is 2.22. The first-order valence-electron chi connectivity index (χ1n) is 9.57. The highest BCUT2D eigenvalue weighted by molar-refractivity contribution is 14.0. The Balaban J connectivity index is 0.00000338. The van der Waals surface area contributed by atoms with Crippen molar-refractivity contribution in [3.05, 3.63) is 29.8 Å². The summed E-state index contributed by atoms with van der Waals surface area (Å²) >= 11 is 0. The van der Waals surface area contributed by atoms with Crippen molar-refractivity contribution in [3.8, 4) is 0 Å². The van der Waals surface area contributed by atoms with Gasteiger partial charge in [-0.05, 0) is 37.0 Å². The Morgan fingerprint density at radius 1 is 1.19 bits per heavy atom. The van der Waals surface area contributed by atoms with Gasteiger partial charge in [0.25, 0.3) is 0 Å². The van der Waals surface area contributed by atoms with Gasteiger partial charge in [0.1, 0.15) is 0 Å². The molecule has 26 heavy (non-hydrogen) atoms. The Morgan fingerprint density at radius 2 is 1.96 bits per heavy atom. The van der Waals surface area contributed by atoms with Crippen LogP contribution in [0.15, 0.2) is 29.3 Å². The summed E-state index contributed by atoms with van der Waals surface area (Å²) in [6, 6.07) is 8.03. The molecule has 1 aliphatic rings. The summed E-state index contributed by atoms with van der Waals surface area (Å²) in [5, 5.41) is 9.71. The minimum Gasteiger partial charge on any atom is -0.356 e. The fourth-order valence-electron chi connectivity index (χ4n) is 3.18. The number of amides is 1. The van der Waals surface area contributed by atoms with Gasteiger partial charge in [0, 0.05) is 31.7 Å². The second-order valence-corrected chi connectivity index (χ2v) is 6.73. The van der Waals surface area contributed by atoms with Crippen LogP contribution in [0.2, 0.25) is 0 Å². The van der Waals surface area contributed by atoms with Crippen LogP contribution >= 0.6 is 24.0 Å². The lowest BCUT2D eigenvalue weighted by molar-refractivity contribution is -0.119. The molecule has 0 bridgehead atoms. The van der Waals surface area contributed by atoms with Crippen molar-refractivity contribution in [3.63, 3.8) is 0 Å². The largest absolute Gasteiger partial charge is 0.356 e. The van der Waals surface area contributed by atoms with Gasteiger partial charge in [-0.25, -0.2) is 0 Å². The molecule has 1 fully saturated rings. The third kappa shape index (κ3) is 7.93. The van der Waals surface area contributed by atoms with Gasteiger partial charge in [0.05, 0.1) is 0 Å². The van der Waals surface area contributed by atoms with E-state index in [0.29, 0.717) is 6.54 Å². The smallest absolute Gasteiger partial charge is 0.227 e. The van der Waals surface area contributed by atoms with Crippen LogP contribution in [0, 0.1) is 5.92 Å². The molecular formula is C20H33IN4O. The molecule has 1 saturated carbocycles. The van der Waals surface area contributed by atoms with Crippen molar-refractivity contribution in [2.24, 2.45) is 10.9 Å². The van der Waals surface area contributed by atoms with E-state index in [1.807, 2.05) is 18.2 Å². The van der Waals surface area contributed by atoms with Gasteiger partial charge in [-0.15, -0.1) is 24.0 Å². The summed E-state index contributed by atoms with van der Waals surface area (Å²) in [7, 11) is 1.79. The zero-order valence-electron chi connectivity index (χ0n) is 16.0. The maximum absolute atomic E-state index is 12.3. The Kier molecular flexibility index (Phi) is 11.3. The molecule has 0 unspecified atom stereocenters. The summed E-state index contributed by atoms with van der Waals surface area (Å²) < 4.78 is 0. The van der Waals surface area contributed by atoms with Crippen molar-refractivity contribution >= 4 is 41.5 Å². The number of nitrogens with zero attached hydrogens (tertiary/aromatic N) is 1. The zero-order valence-corrected chi connectivity index (χ0v) is 18.3. The summed E-state index contributed by atoms with van der Waals surface area (Å²) in [6.07, 6.45) is 7.98. The minimum absolute atomic E-state index is 0. The lowest BCUT2D eigenvalue weighted by Gasteiger charge is -2.13. The van der Waals surface area contributed by atoms with Crippen LogP contribution in [0.1, 0.15) is 57.4 Å². The van der Waals surface area contributed by atoms with E-state index in [0.717, 1.165) is 43.0 Å². The van der Waals surface area contributed by atoms with Crippen LogP contribution in [0.25, 0.3) is 0 Å². The number of carbonyl (C=O) groups excluding carboxylic acids is 1. The average Bonchev–Trinajstić information content (AvgIpc) is 3.16. The molecule has 146 valence electrons. The molecule has 3 N–H and O–H groups in total. The first kappa shape index (κ1) is 22.7. The predicted molar refractivity (Wildman–Crippen MR) is 120 cm³/mol. The molecule has 0 radical (unpaired) electrons. The third-order valence-electron chi connectivity index (χ3n) is 4.68. The van der Waals surface area contributed by atoms with Gasteiger partial charge in [0.2, 0.25) is 5.91 Å². The number of carbonyl (C=O) groups is 1. The molecule has 0 aromatic heterocycles. The molecule has 0 aliphatic heterocycles. The number of unbranched alkanes of at least 4 members (excludes halogenated alkanes) is 2. The van der Waals surface area contributed by atoms with Crippen molar-refractivity contribution in [1.82, 2.24) is 10.6 Å². The second kappa shape index (κ2) is 12.9. The molecule has 1 aromatic carbocycles. The molecule has 1 aliphatic carbocycles. The molecule has 5 nitrogen and oxygen atoms in total. The van der Waals surface area contributed by atoms with E-state index in [9.17, 15) is 4.79 Å². The molecule has 0 spiro atoms. The minimum atomic E-state index is 0. The average molecular weight is 472 g/mol. The van der Waals surface area contributed by atoms with Gasteiger partial charge in [-0.1, -0.05) is 44.7 Å². The third-order valence-corrected chi connectivity index (χ3v) is 4.68. The van der Waals surface area contributed by atoms with Crippen LogP contribution in [0.3, 0.4) is 0 Å². The summed E-state index contributed by atoms with van der Waals surface area (Å²) in [5.41, 5.74) is 2.00. The number of hydrogen-bond donors (Lipinski definition) is 3. The Bertz CT molecular complexity index is 571. The van der Waals surface area contributed by atoms with E-state index < -0.39 is 0 Å². The second-order valence-electron chi connectivity index (χ2n) is 6.73. The first-order valence-corrected chi connectivity index (χ1v) is 9.57. The van der Waals surface area contributed by atoms with Crippen LogP contribution in [0.4, 0.5) is 5.69 Å². The van der Waals surface area contributed by atoms with Gasteiger partial charge >= 0.3 is 0 Å². The Hall–Kier alpha value is -1.31. The number of benzene rings is 1. The maximum Gasteiger partial charge on any atom is 0.227 e. The quantitative estimate of drug-likeness (QED) is 0.229. The number of rotatable bonds is 8. The first-order chi connectivity index (χ1) is 12.2. The molecule has 2 rings (SSSR count). The van der Waals surface area contributed by atoms with Gasteiger partial charge in [0.15, 0.2) is 5.96 Å². The van der Waals surface area contributed by atoms with E-state index in [-0.39, 0.29) is 35.8 Å². The van der Waals surface area contributed by atoms with E-state index in [1.165, 1.54) is 25.7 Å². The number of hydrogen-bond acceptors (Lipinski definition) is 2. The van der Waals surface area contributed by atoms with Gasteiger partial charge in [-0.3, -0.25) is 9.79 Å². The summed E-state index contributed by atoms with van der Waals surface area (Å²) in [4.78, 5) is 16.5. The van der Waals surface area contributed by atoms with Crippen LogP contribution in [-0.4, -0.2) is 25.5 Å². The number of halogens is 1. The summed E-state index contributed by atoms with van der Waals surface area (Å²) in [5.74, 6) is 1.17. The van der Waals surface area contributed by atoms with Crippen molar-refractivity contribution in [2.75, 3.05) is 18.9 Å². The summed E-state index contributed by atoms with van der Waals surface area (Å²) in [6.45, 7) is 3.82. The molecular weight excluding hydrogens is 439 g/mol. The normalized spacial score (nSPS) is 14.6. The van der Waals surface area contributed by atoms with Crippen LogP contribution in [0.5, 0.6) is 0 Å². The molecule has 0 saturated heterocycles. The lowest BCUT2D eigenvalue weighted by Crippen LogP contribution is -2.37. The molecule has 0 atom stereocenters. The zero-order chi connectivity index (χ0) is 17.9. The fourth-order valence-corrected chi connectivity index (χ4v) is 3.18. The Morgan fingerprint density at radius 3 is 2.65 bits per heavy atom. The van der Waals surface area contributed by atoms with Crippen molar-refractivity contribution in [1.29, 1.82) is 0 Å². The standard InChI is InChI=1S/C20H32N4O.HI/c1-3-4-7-13-22-20(21-2)23-15-16-9-8-12-18(14-16)24-19(25)17-10-5-6-11-17;/h8-9,12,14,17H,3-7,10-11,13,15H2,1-2H3,(H,24,25)(H2,21,22,23);1H. The predicted octanol–water partition coefficient (Wildman–Crippen LogP) is 4.29. The number of aliphatic imine (C=N–C) groups is 1. The monoisotopic (exact) mass is 472 g/mol. The lowest BCUT2D eigenvalue weighted by atomic mass is 10.1. The van der Waals surface area contributed by atoms with Gasteiger partial charge in [-0.2, -0.15) is 0 Å². The van der Waals surface area contributed by atoms with Crippen molar-refractivity contribution in [2.45, 2.75) is 58.4 Å². The number of guanidine groups is 1. The van der Waals surface area contributed by atoms with Crippen molar-refractivity contribution < 1.29 is 4.79 Å². The van der Waals surface area contributed by atoms with E-state index in [4.69, 9.17) is 0 Å². The number of anilines is 1.